The summed E-state index contributed by atoms with van der Waals surface area (Å²) in [5.74, 6) is -0.131. The second kappa shape index (κ2) is 6.14. The minimum absolute atomic E-state index is 0.0481. The predicted molar refractivity (Wildman–Crippen MR) is 87.2 cm³/mol. The van der Waals surface area contributed by atoms with Gasteiger partial charge in [-0.15, -0.1) is 10.2 Å². The Morgan fingerprint density at radius 1 is 1.19 bits per heavy atom. The summed E-state index contributed by atoms with van der Waals surface area (Å²) in [7, 11) is 0. The fourth-order valence-corrected chi connectivity index (χ4v) is 4.61. The first-order chi connectivity index (χ1) is 12.2. The molecule has 0 radical (unpaired) electrons. The van der Waals surface area contributed by atoms with Crippen LogP contribution in [0, 0.1) is 11.8 Å². The maximum Gasteiger partial charge on any atom is 0.420 e. The highest BCUT2D eigenvalue weighted by Crippen LogP contribution is 2.50. The highest BCUT2D eigenvalue weighted by molar-refractivity contribution is 6.30. The van der Waals surface area contributed by atoms with Crippen LogP contribution in [0.2, 0.25) is 5.15 Å². The fraction of sp³-hybridized carbons (Fsp3) is 0.688. The van der Waals surface area contributed by atoms with Crippen molar-refractivity contribution in [2.75, 3.05) is 18.4 Å². The standard InChI is InChI=1S/C16H18ClF3N4O2/c17-13-11(7-1-2-7)12(16(18,19)20)14(23-22-13)21-10-3-8-5-24(15(25)26)6-9(8)4-10/h7-10H,1-6H2,(H,21,23)(H,25,26)/t8-,9+,10?. The topological polar surface area (TPSA) is 78.4 Å². The molecule has 4 rings (SSSR count). The molecule has 3 atom stereocenters. The molecule has 1 aliphatic heterocycles. The molecule has 142 valence electrons. The van der Waals surface area contributed by atoms with Crippen LogP contribution in [-0.4, -0.2) is 45.4 Å². The lowest BCUT2D eigenvalue weighted by molar-refractivity contribution is -0.137. The molecular formula is C16H18ClF3N4O2. The number of amides is 1. The molecule has 10 heteroatoms. The molecular weight excluding hydrogens is 373 g/mol. The van der Waals surface area contributed by atoms with E-state index in [1.54, 1.807) is 0 Å². The van der Waals surface area contributed by atoms with Crippen LogP contribution in [0.4, 0.5) is 23.8 Å². The minimum Gasteiger partial charge on any atom is -0.465 e. The van der Waals surface area contributed by atoms with Crippen molar-refractivity contribution < 1.29 is 23.1 Å². The van der Waals surface area contributed by atoms with E-state index in [4.69, 9.17) is 16.7 Å². The predicted octanol–water partition coefficient (Wildman–Crippen LogP) is 3.83. The van der Waals surface area contributed by atoms with Gasteiger partial charge in [0.2, 0.25) is 0 Å². The average Bonchev–Trinajstić information content (AvgIpc) is 3.18. The minimum atomic E-state index is -4.56. The number of nitrogens with zero attached hydrogens (tertiary/aromatic N) is 3. The van der Waals surface area contributed by atoms with Crippen LogP contribution in [0.1, 0.15) is 42.7 Å². The quantitative estimate of drug-likeness (QED) is 0.820. The molecule has 1 unspecified atom stereocenters. The Morgan fingerprint density at radius 2 is 1.81 bits per heavy atom. The Hall–Kier alpha value is -1.77. The van der Waals surface area contributed by atoms with Crippen molar-refractivity contribution >= 4 is 23.5 Å². The van der Waals surface area contributed by atoms with Gasteiger partial charge in [-0.05, 0) is 43.4 Å². The third-order valence-corrected chi connectivity index (χ3v) is 5.88. The molecule has 3 fully saturated rings. The second-order valence-corrected chi connectivity index (χ2v) is 7.78. The summed E-state index contributed by atoms with van der Waals surface area (Å²) in [5, 5.41) is 19.2. The van der Waals surface area contributed by atoms with Crippen LogP contribution in [0.5, 0.6) is 0 Å². The van der Waals surface area contributed by atoms with E-state index in [9.17, 15) is 18.0 Å². The van der Waals surface area contributed by atoms with Gasteiger partial charge in [0.1, 0.15) is 5.56 Å². The normalized spacial score (nSPS) is 28.3. The number of hydrogen-bond donors (Lipinski definition) is 2. The number of carboxylic acid groups (broad SMARTS) is 1. The van der Waals surface area contributed by atoms with Gasteiger partial charge in [0, 0.05) is 24.7 Å². The molecule has 1 amide bonds. The van der Waals surface area contributed by atoms with E-state index >= 15 is 0 Å². The van der Waals surface area contributed by atoms with Gasteiger partial charge in [-0.25, -0.2) is 4.79 Å². The zero-order valence-corrected chi connectivity index (χ0v) is 14.5. The molecule has 1 saturated heterocycles. The largest absolute Gasteiger partial charge is 0.465 e. The van der Waals surface area contributed by atoms with Crippen LogP contribution in [0.25, 0.3) is 0 Å². The van der Waals surface area contributed by atoms with E-state index in [1.165, 1.54) is 4.90 Å². The van der Waals surface area contributed by atoms with Crippen molar-refractivity contribution in [3.8, 4) is 0 Å². The maximum atomic E-state index is 13.7. The Balaban J connectivity index is 1.55. The molecule has 0 bridgehead atoms. The summed E-state index contributed by atoms with van der Waals surface area (Å²) in [4.78, 5) is 12.4. The van der Waals surface area contributed by atoms with Crippen molar-refractivity contribution in [3.63, 3.8) is 0 Å². The number of hydrogen-bond acceptors (Lipinski definition) is 4. The SMILES string of the molecule is O=C(O)N1C[C@H]2CC(Nc3nnc(Cl)c(C4CC4)c3C(F)(F)F)C[C@H]2C1. The zero-order chi connectivity index (χ0) is 18.6. The number of fused-ring (bicyclic) bond motifs is 1. The van der Waals surface area contributed by atoms with E-state index in [0.717, 1.165) is 0 Å². The Labute approximate surface area is 152 Å². The van der Waals surface area contributed by atoms with Crippen molar-refractivity contribution in [1.82, 2.24) is 15.1 Å². The lowest BCUT2D eigenvalue weighted by Gasteiger charge is -2.21. The third-order valence-electron chi connectivity index (χ3n) is 5.60. The third kappa shape index (κ3) is 3.17. The second-order valence-electron chi connectivity index (χ2n) is 7.42. The molecule has 2 N–H and O–H groups in total. The summed E-state index contributed by atoms with van der Waals surface area (Å²) in [5.41, 5.74) is -0.754. The Bertz CT molecular complexity index is 727. The molecule has 1 aromatic heterocycles. The van der Waals surface area contributed by atoms with E-state index < -0.39 is 17.8 Å². The number of aromatic nitrogens is 2. The molecule has 2 saturated carbocycles. The van der Waals surface area contributed by atoms with E-state index in [1.807, 2.05) is 0 Å². The summed E-state index contributed by atoms with van der Waals surface area (Å²) in [6.45, 7) is 0.869. The lowest BCUT2D eigenvalue weighted by atomic mass is 10.0. The van der Waals surface area contributed by atoms with Crippen molar-refractivity contribution in [1.29, 1.82) is 0 Å². The summed E-state index contributed by atoms with van der Waals surface area (Å²) in [6, 6.07) is -0.176. The monoisotopic (exact) mass is 390 g/mol. The first-order valence-corrected chi connectivity index (χ1v) is 8.99. The van der Waals surface area contributed by atoms with Crippen LogP contribution in [-0.2, 0) is 6.18 Å². The van der Waals surface area contributed by atoms with Crippen LogP contribution >= 0.6 is 11.6 Å². The van der Waals surface area contributed by atoms with Gasteiger partial charge in [-0.2, -0.15) is 13.2 Å². The van der Waals surface area contributed by atoms with Crippen molar-refractivity contribution in [3.05, 3.63) is 16.3 Å². The number of alkyl halides is 3. The van der Waals surface area contributed by atoms with E-state index in [0.29, 0.717) is 38.8 Å². The summed E-state index contributed by atoms with van der Waals surface area (Å²) >= 11 is 5.92. The number of halogens is 4. The summed E-state index contributed by atoms with van der Waals surface area (Å²) < 4.78 is 41.1. The van der Waals surface area contributed by atoms with Gasteiger partial charge in [0.15, 0.2) is 11.0 Å². The maximum absolute atomic E-state index is 13.7. The molecule has 3 aliphatic rings. The molecule has 26 heavy (non-hydrogen) atoms. The summed E-state index contributed by atoms with van der Waals surface area (Å²) in [6.07, 6.45) is -2.92. The highest BCUT2D eigenvalue weighted by Gasteiger charge is 2.46. The van der Waals surface area contributed by atoms with Crippen molar-refractivity contribution in [2.45, 2.75) is 43.8 Å². The molecule has 0 spiro atoms. The van der Waals surface area contributed by atoms with Gasteiger partial charge < -0.3 is 15.3 Å². The first kappa shape index (κ1) is 17.6. The van der Waals surface area contributed by atoms with Crippen LogP contribution < -0.4 is 5.32 Å². The van der Waals surface area contributed by atoms with Gasteiger partial charge in [0.25, 0.3) is 0 Å². The number of anilines is 1. The molecule has 1 aromatic rings. The average molecular weight is 391 g/mol. The van der Waals surface area contributed by atoms with Crippen LogP contribution in [0.15, 0.2) is 0 Å². The number of carbonyl (C=O) groups is 1. The zero-order valence-electron chi connectivity index (χ0n) is 13.8. The van der Waals surface area contributed by atoms with E-state index in [-0.39, 0.29) is 40.3 Å². The smallest absolute Gasteiger partial charge is 0.420 e. The fourth-order valence-electron chi connectivity index (χ4n) is 4.33. The lowest BCUT2D eigenvalue weighted by Crippen LogP contribution is -2.30. The van der Waals surface area contributed by atoms with Gasteiger partial charge in [-0.3, -0.25) is 0 Å². The van der Waals surface area contributed by atoms with Gasteiger partial charge in [0.05, 0.1) is 0 Å². The molecule has 0 aromatic carbocycles. The number of likely N-dealkylation sites (tertiary alicyclic amines) is 1. The first-order valence-electron chi connectivity index (χ1n) is 8.61. The van der Waals surface area contributed by atoms with E-state index in [2.05, 4.69) is 15.5 Å². The van der Waals surface area contributed by atoms with Crippen molar-refractivity contribution in [2.24, 2.45) is 11.8 Å². The molecule has 2 aliphatic carbocycles. The van der Waals surface area contributed by atoms with Gasteiger partial charge in [-0.1, -0.05) is 11.6 Å². The number of rotatable bonds is 3. The Kier molecular flexibility index (Phi) is 4.17. The Morgan fingerprint density at radius 3 is 2.31 bits per heavy atom. The van der Waals surface area contributed by atoms with Crippen LogP contribution in [0.3, 0.4) is 0 Å². The molecule has 6 nitrogen and oxygen atoms in total. The molecule has 2 heterocycles. The highest BCUT2D eigenvalue weighted by atomic mass is 35.5. The number of nitrogens with one attached hydrogen (secondary N) is 1. The van der Waals surface area contributed by atoms with Gasteiger partial charge >= 0.3 is 12.3 Å².